The number of hydrogen-bond donors (Lipinski definition) is 1. The number of ether oxygens (including phenoxy) is 1. The van der Waals surface area contributed by atoms with Crippen LogP contribution in [0.1, 0.15) is 26.7 Å². The van der Waals surface area contributed by atoms with Crippen LogP contribution in [0.15, 0.2) is 0 Å². The van der Waals surface area contributed by atoms with E-state index in [1.54, 1.807) is 0 Å². The van der Waals surface area contributed by atoms with Crippen molar-refractivity contribution in [1.82, 2.24) is 0 Å². The first-order valence-corrected chi connectivity index (χ1v) is 4.12. The van der Waals surface area contributed by atoms with Crippen LogP contribution >= 0.6 is 0 Å². The first-order valence-electron chi connectivity index (χ1n) is 4.12. The minimum Gasteiger partial charge on any atom is -0.382 e. The molecule has 2 heteroatoms. The van der Waals surface area contributed by atoms with Crippen LogP contribution in [0, 0.1) is 5.92 Å². The van der Waals surface area contributed by atoms with E-state index in [2.05, 4.69) is 6.92 Å². The third-order valence-electron chi connectivity index (χ3n) is 1.79. The van der Waals surface area contributed by atoms with E-state index >= 15 is 0 Å². The Morgan fingerprint density at radius 2 is 2.10 bits per heavy atom. The van der Waals surface area contributed by atoms with E-state index in [4.69, 9.17) is 10.5 Å². The average molecular weight is 145 g/mol. The summed E-state index contributed by atoms with van der Waals surface area (Å²) < 4.78 is 5.21. The zero-order valence-corrected chi connectivity index (χ0v) is 7.10. The zero-order valence-electron chi connectivity index (χ0n) is 7.10. The number of hydrogen-bond acceptors (Lipinski definition) is 2. The Morgan fingerprint density at radius 3 is 2.50 bits per heavy atom. The van der Waals surface area contributed by atoms with Crippen LogP contribution in [0.5, 0.6) is 0 Å². The molecule has 0 aliphatic rings. The summed E-state index contributed by atoms with van der Waals surface area (Å²) in [6.45, 7) is 6.67. The van der Waals surface area contributed by atoms with Gasteiger partial charge < -0.3 is 10.5 Å². The highest BCUT2D eigenvalue weighted by Crippen LogP contribution is 2.05. The smallest absolute Gasteiger partial charge is 0.0469 e. The van der Waals surface area contributed by atoms with Gasteiger partial charge in [0, 0.05) is 13.2 Å². The predicted octanol–water partition coefficient (Wildman–Crippen LogP) is 1.40. The fraction of sp³-hybridized carbons (Fsp3) is 1.00. The van der Waals surface area contributed by atoms with Gasteiger partial charge in [-0.15, -0.1) is 0 Å². The highest BCUT2D eigenvalue weighted by molar-refractivity contribution is 4.56. The van der Waals surface area contributed by atoms with Gasteiger partial charge in [-0.2, -0.15) is 0 Å². The Bertz CT molecular complexity index is 62.3. The molecule has 1 atom stereocenters. The Balaban J connectivity index is 3.09. The molecule has 2 nitrogen and oxygen atoms in total. The molecule has 0 spiro atoms. The molecule has 0 bridgehead atoms. The number of nitrogens with two attached hydrogens (primary N) is 1. The fourth-order valence-electron chi connectivity index (χ4n) is 0.883. The van der Waals surface area contributed by atoms with Gasteiger partial charge in [0.1, 0.15) is 0 Å². The summed E-state index contributed by atoms with van der Waals surface area (Å²) in [6.07, 6.45) is 2.28. The van der Waals surface area contributed by atoms with Gasteiger partial charge in [-0.25, -0.2) is 0 Å². The molecule has 1 unspecified atom stereocenters. The molecule has 0 heterocycles. The number of rotatable bonds is 6. The van der Waals surface area contributed by atoms with E-state index in [1.807, 2.05) is 6.92 Å². The lowest BCUT2D eigenvalue weighted by Gasteiger charge is -2.10. The van der Waals surface area contributed by atoms with Crippen molar-refractivity contribution in [3.05, 3.63) is 0 Å². The third-order valence-corrected chi connectivity index (χ3v) is 1.79. The molecule has 2 N–H and O–H groups in total. The molecule has 0 rings (SSSR count). The highest BCUT2D eigenvalue weighted by atomic mass is 16.5. The van der Waals surface area contributed by atoms with E-state index in [9.17, 15) is 0 Å². The Kier molecular flexibility index (Phi) is 6.98. The summed E-state index contributed by atoms with van der Waals surface area (Å²) in [4.78, 5) is 0. The van der Waals surface area contributed by atoms with Crippen molar-refractivity contribution in [2.75, 3.05) is 19.8 Å². The molecular formula is C8H19NO. The van der Waals surface area contributed by atoms with Crippen LogP contribution in [0.25, 0.3) is 0 Å². The summed E-state index contributed by atoms with van der Waals surface area (Å²) >= 11 is 0. The molecule has 0 aromatic carbocycles. The second-order valence-corrected chi connectivity index (χ2v) is 2.50. The zero-order chi connectivity index (χ0) is 7.82. The van der Waals surface area contributed by atoms with Gasteiger partial charge in [0.15, 0.2) is 0 Å². The summed E-state index contributed by atoms with van der Waals surface area (Å²) in [6, 6.07) is 0. The van der Waals surface area contributed by atoms with Crippen LogP contribution in [0.3, 0.4) is 0 Å². The highest BCUT2D eigenvalue weighted by Gasteiger charge is 2.01. The topological polar surface area (TPSA) is 35.2 Å². The first kappa shape index (κ1) is 9.92. The summed E-state index contributed by atoms with van der Waals surface area (Å²) in [5.41, 5.74) is 5.51. The molecule has 0 aromatic rings. The maximum absolute atomic E-state index is 5.51. The van der Waals surface area contributed by atoms with E-state index in [0.29, 0.717) is 5.92 Å². The van der Waals surface area contributed by atoms with Gasteiger partial charge >= 0.3 is 0 Å². The second-order valence-electron chi connectivity index (χ2n) is 2.50. The maximum atomic E-state index is 5.51. The molecule has 0 radical (unpaired) electrons. The Morgan fingerprint density at radius 1 is 1.40 bits per heavy atom. The molecule has 0 amide bonds. The van der Waals surface area contributed by atoms with Gasteiger partial charge in [0.25, 0.3) is 0 Å². The van der Waals surface area contributed by atoms with Crippen molar-refractivity contribution in [2.24, 2.45) is 11.7 Å². The average Bonchev–Trinajstić information content (AvgIpc) is 1.99. The molecular weight excluding hydrogens is 126 g/mol. The van der Waals surface area contributed by atoms with Crippen LogP contribution in [-0.4, -0.2) is 19.8 Å². The second kappa shape index (κ2) is 7.03. The Labute approximate surface area is 63.7 Å². The SMILES string of the molecule is CCOCCC(CC)CN. The predicted molar refractivity (Wildman–Crippen MR) is 43.9 cm³/mol. The molecule has 0 aliphatic carbocycles. The molecule has 0 fully saturated rings. The fourth-order valence-corrected chi connectivity index (χ4v) is 0.883. The molecule has 0 aliphatic heterocycles. The van der Waals surface area contributed by atoms with Crippen LogP contribution in [0.4, 0.5) is 0 Å². The van der Waals surface area contributed by atoms with Gasteiger partial charge in [-0.1, -0.05) is 13.3 Å². The lowest BCUT2D eigenvalue weighted by atomic mass is 10.0. The van der Waals surface area contributed by atoms with Gasteiger partial charge in [-0.05, 0) is 25.8 Å². The molecule has 0 saturated heterocycles. The quantitative estimate of drug-likeness (QED) is 0.573. The van der Waals surface area contributed by atoms with Crippen LogP contribution in [-0.2, 0) is 4.74 Å². The van der Waals surface area contributed by atoms with Crippen molar-refractivity contribution in [3.63, 3.8) is 0 Å². The van der Waals surface area contributed by atoms with Crippen LogP contribution in [0.2, 0.25) is 0 Å². The van der Waals surface area contributed by atoms with Crippen molar-refractivity contribution in [2.45, 2.75) is 26.7 Å². The Hall–Kier alpha value is -0.0800. The largest absolute Gasteiger partial charge is 0.382 e. The summed E-state index contributed by atoms with van der Waals surface area (Å²) in [5.74, 6) is 0.659. The normalized spacial score (nSPS) is 13.5. The van der Waals surface area contributed by atoms with E-state index in [-0.39, 0.29) is 0 Å². The molecule has 0 aromatic heterocycles. The van der Waals surface area contributed by atoms with Crippen molar-refractivity contribution >= 4 is 0 Å². The molecule has 0 saturated carbocycles. The maximum Gasteiger partial charge on any atom is 0.0469 e. The molecule has 62 valence electrons. The van der Waals surface area contributed by atoms with Crippen LogP contribution < -0.4 is 5.73 Å². The van der Waals surface area contributed by atoms with E-state index < -0.39 is 0 Å². The van der Waals surface area contributed by atoms with E-state index in [0.717, 1.165) is 26.2 Å². The summed E-state index contributed by atoms with van der Waals surface area (Å²) in [7, 11) is 0. The minimum absolute atomic E-state index is 0.659. The van der Waals surface area contributed by atoms with E-state index in [1.165, 1.54) is 6.42 Å². The third kappa shape index (κ3) is 4.77. The molecule has 10 heavy (non-hydrogen) atoms. The van der Waals surface area contributed by atoms with Crippen molar-refractivity contribution in [1.29, 1.82) is 0 Å². The van der Waals surface area contributed by atoms with Gasteiger partial charge in [0.2, 0.25) is 0 Å². The first-order chi connectivity index (χ1) is 4.85. The summed E-state index contributed by atoms with van der Waals surface area (Å²) in [5, 5.41) is 0. The van der Waals surface area contributed by atoms with Gasteiger partial charge in [-0.3, -0.25) is 0 Å². The van der Waals surface area contributed by atoms with Crippen molar-refractivity contribution < 1.29 is 4.74 Å². The lowest BCUT2D eigenvalue weighted by molar-refractivity contribution is 0.132. The van der Waals surface area contributed by atoms with Gasteiger partial charge in [0.05, 0.1) is 0 Å². The standard InChI is InChI=1S/C8H19NO/c1-3-8(7-9)5-6-10-4-2/h8H,3-7,9H2,1-2H3. The van der Waals surface area contributed by atoms with Crippen molar-refractivity contribution in [3.8, 4) is 0 Å². The minimum atomic E-state index is 0.659. The lowest BCUT2D eigenvalue weighted by Crippen LogP contribution is -2.15. The monoisotopic (exact) mass is 145 g/mol.